The van der Waals surface area contributed by atoms with Crippen LogP contribution in [-0.4, -0.2) is 95.7 Å². The second kappa shape index (κ2) is 10.6. The van der Waals surface area contributed by atoms with E-state index in [0.29, 0.717) is 0 Å². The molecular weight excluding hydrogens is 548 g/mol. The minimum Gasteiger partial charge on any atom is -0.507 e. The SMILES string of the molecule is C[C@@H]1O[C@H](O[C@@H]2C(=O)[C@H](O)[C@@H](C)O[C@H]2c2c(O)cc(O)c3c(=O)cc(-c4ccc(O)c(O)c4)oc23)[C@H](O)[C@H](O)[C@H]1O. The highest BCUT2D eigenvalue weighted by Gasteiger charge is 2.50. The van der Waals surface area contributed by atoms with Crippen molar-refractivity contribution < 1.29 is 64.3 Å². The van der Waals surface area contributed by atoms with Crippen LogP contribution in [0.15, 0.2) is 39.5 Å². The van der Waals surface area contributed by atoms with Crippen LogP contribution in [-0.2, 0) is 19.0 Å². The summed E-state index contributed by atoms with van der Waals surface area (Å²) in [6.45, 7) is 2.75. The van der Waals surface area contributed by atoms with E-state index in [1.54, 1.807) is 0 Å². The fraction of sp³-hybridized carbons (Fsp3) is 0.407. The topological polar surface area (TPSA) is 237 Å². The molecule has 5 rings (SSSR count). The maximum absolute atomic E-state index is 13.3. The zero-order valence-corrected chi connectivity index (χ0v) is 21.6. The van der Waals surface area contributed by atoms with Gasteiger partial charge in [-0.3, -0.25) is 9.59 Å². The summed E-state index contributed by atoms with van der Waals surface area (Å²) in [6, 6.07) is 5.41. The summed E-state index contributed by atoms with van der Waals surface area (Å²) in [5.74, 6) is -3.43. The first kappa shape index (κ1) is 28.8. The zero-order chi connectivity index (χ0) is 29.9. The van der Waals surface area contributed by atoms with E-state index in [1.165, 1.54) is 19.9 Å². The first-order valence-electron chi connectivity index (χ1n) is 12.6. The van der Waals surface area contributed by atoms with Gasteiger partial charge in [0.25, 0.3) is 0 Å². The van der Waals surface area contributed by atoms with Gasteiger partial charge in [-0.1, -0.05) is 0 Å². The fourth-order valence-corrected chi connectivity index (χ4v) is 4.97. The van der Waals surface area contributed by atoms with Gasteiger partial charge in [0.15, 0.2) is 40.7 Å². The third-order valence-corrected chi connectivity index (χ3v) is 7.28. The Bertz CT molecular complexity index is 1550. The van der Waals surface area contributed by atoms with E-state index in [4.69, 9.17) is 18.6 Å². The van der Waals surface area contributed by atoms with Gasteiger partial charge in [0, 0.05) is 17.7 Å². The summed E-state index contributed by atoms with van der Waals surface area (Å²) in [5, 5.41) is 81.8. The number of carbonyl (C=O) groups is 1. The Morgan fingerprint density at radius 3 is 2.15 bits per heavy atom. The zero-order valence-electron chi connectivity index (χ0n) is 21.6. The number of aliphatic hydroxyl groups is 4. The number of phenols is 4. The highest BCUT2D eigenvalue weighted by molar-refractivity contribution is 5.93. The minimum atomic E-state index is -1.83. The molecule has 220 valence electrons. The van der Waals surface area contributed by atoms with Crippen molar-refractivity contribution in [1.82, 2.24) is 0 Å². The summed E-state index contributed by atoms with van der Waals surface area (Å²) >= 11 is 0. The van der Waals surface area contributed by atoms with Crippen LogP contribution in [0.25, 0.3) is 22.3 Å². The van der Waals surface area contributed by atoms with Crippen molar-refractivity contribution in [1.29, 1.82) is 0 Å². The van der Waals surface area contributed by atoms with Gasteiger partial charge < -0.3 is 59.5 Å². The number of rotatable bonds is 4. The van der Waals surface area contributed by atoms with Crippen LogP contribution in [0.4, 0.5) is 0 Å². The Labute approximate surface area is 230 Å². The molecule has 0 spiro atoms. The third-order valence-electron chi connectivity index (χ3n) is 7.28. The van der Waals surface area contributed by atoms with Crippen LogP contribution in [0, 0.1) is 0 Å². The van der Waals surface area contributed by atoms with Crippen LogP contribution in [0.3, 0.4) is 0 Å². The van der Waals surface area contributed by atoms with E-state index in [9.17, 15) is 50.4 Å². The Kier molecular flexibility index (Phi) is 7.42. The summed E-state index contributed by atoms with van der Waals surface area (Å²) in [6.07, 6.45) is -14.1. The fourth-order valence-electron chi connectivity index (χ4n) is 4.97. The van der Waals surface area contributed by atoms with Gasteiger partial charge in [0.2, 0.25) is 0 Å². The second-order valence-electron chi connectivity index (χ2n) is 10.1. The molecule has 0 amide bonds. The number of Topliss-reactive ketones (excluding diaryl/α,β-unsaturated/α-hetero) is 1. The molecule has 2 aliphatic heterocycles. The molecule has 14 nitrogen and oxygen atoms in total. The average Bonchev–Trinajstić information content (AvgIpc) is 2.92. The number of ketones is 1. The molecule has 0 saturated carbocycles. The molecule has 0 aliphatic carbocycles. The molecule has 41 heavy (non-hydrogen) atoms. The number of aromatic hydroxyl groups is 4. The molecule has 9 atom stereocenters. The van der Waals surface area contributed by atoms with Gasteiger partial charge >= 0.3 is 0 Å². The molecule has 0 bridgehead atoms. The van der Waals surface area contributed by atoms with E-state index in [2.05, 4.69) is 0 Å². The number of aliphatic hydroxyl groups excluding tert-OH is 4. The molecule has 1 aromatic heterocycles. The number of carbonyl (C=O) groups excluding carboxylic acids is 1. The molecule has 2 aromatic carbocycles. The number of benzene rings is 2. The number of phenolic OH excluding ortho intramolecular Hbond substituents is 4. The van der Waals surface area contributed by atoms with Gasteiger partial charge in [-0.05, 0) is 32.0 Å². The smallest absolute Gasteiger partial charge is 0.197 e. The van der Waals surface area contributed by atoms with E-state index in [-0.39, 0.29) is 16.9 Å². The number of fused-ring (bicyclic) bond motifs is 1. The van der Waals surface area contributed by atoms with Crippen molar-refractivity contribution in [2.24, 2.45) is 0 Å². The molecule has 0 radical (unpaired) electrons. The van der Waals surface area contributed by atoms with Crippen LogP contribution in [0.2, 0.25) is 0 Å². The van der Waals surface area contributed by atoms with Crippen molar-refractivity contribution in [3.05, 3.63) is 46.1 Å². The van der Waals surface area contributed by atoms with Gasteiger partial charge in [0.05, 0.1) is 17.8 Å². The Morgan fingerprint density at radius 2 is 1.46 bits per heavy atom. The maximum Gasteiger partial charge on any atom is 0.197 e. The lowest BCUT2D eigenvalue weighted by Crippen LogP contribution is -2.60. The maximum atomic E-state index is 13.3. The molecule has 2 fully saturated rings. The third kappa shape index (κ3) is 4.89. The number of hydrogen-bond acceptors (Lipinski definition) is 14. The Morgan fingerprint density at radius 1 is 0.756 bits per heavy atom. The summed E-state index contributed by atoms with van der Waals surface area (Å²) in [5.41, 5.74) is -1.42. The second-order valence-corrected chi connectivity index (χ2v) is 10.1. The monoisotopic (exact) mass is 576 g/mol. The van der Waals surface area contributed by atoms with E-state index in [1.807, 2.05) is 0 Å². The molecule has 2 aliphatic rings. The van der Waals surface area contributed by atoms with Gasteiger partial charge in [-0.25, -0.2) is 0 Å². The van der Waals surface area contributed by atoms with E-state index in [0.717, 1.165) is 24.3 Å². The standard InChI is InChI=1S/C27H28O14/c1-8-20(34)22(36)26(41-27-23(37)21(35)19(33)9(2)39-27)25(38-8)18-14(31)6-13(30)17-15(32)7-16(40-24(17)18)10-3-4-11(28)12(29)5-10/h3-9,19-21,23,25-31,33-35,37H,1-2H3/t8-,9+,19+,20-,21-,23-,25+,26-,27-/m1/s1. The summed E-state index contributed by atoms with van der Waals surface area (Å²) in [7, 11) is 0. The van der Waals surface area contributed by atoms with E-state index >= 15 is 0 Å². The first-order valence-corrected chi connectivity index (χ1v) is 12.6. The summed E-state index contributed by atoms with van der Waals surface area (Å²) in [4.78, 5) is 26.4. The quantitative estimate of drug-likeness (QED) is 0.189. The van der Waals surface area contributed by atoms with Crippen LogP contribution >= 0.6 is 0 Å². The van der Waals surface area contributed by atoms with Crippen molar-refractivity contribution >= 4 is 16.8 Å². The van der Waals surface area contributed by atoms with Crippen LogP contribution in [0.1, 0.15) is 25.5 Å². The predicted octanol–water partition coefficient (Wildman–Crippen LogP) is -0.115. The van der Waals surface area contributed by atoms with Crippen LogP contribution < -0.4 is 5.43 Å². The highest BCUT2D eigenvalue weighted by atomic mass is 16.7. The lowest BCUT2D eigenvalue weighted by atomic mass is 9.90. The largest absolute Gasteiger partial charge is 0.507 e. The molecular formula is C27H28O14. The lowest BCUT2D eigenvalue weighted by molar-refractivity contribution is -0.314. The van der Waals surface area contributed by atoms with Gasteiger partial charge in [-0.15, -0.1) is 0 Å². The number of ether oxygens (including phenoxy) is 3. The Balaban J connectivity index is 1.67. The van der Waals surface area contributed by atoms with Crippen molar-refractivity contribution in [2.45, 2.75) is 69.0 Å². The molecule has 8 N–H and O–H groups in total. The number of hydrogen-bond donors (Lipinski definition) is 8. The molecule has 2 saturated heterocycles. The van der Waals surface area contributed by atoms with Crippen molar-refractivity contribution in [2.75, 3.05) is 0 Å². The van der Waals surface area contributed by atoms with Gasteiger partial charge in [0.1, 0.15) is 53.2 Å². The first-order chi connectivity index (χ1) is 19.3. The average molecular weight is 577 g/mol. The normalized spacial score (nSPS) is 32.3. The van der Waals surface area contributed by atoms with Crippen LogP contribution in [0.5, 0.6) is 23.0 Å². The summed E-state index contributed by atoms with van der Waals surface area (Å²) < 4.78 is 22.9. The Hall–Kier alpha value is -3.76. The molecule has 3 heterocycles. The van der Waals surface area contributed by atoms with Crippen molar-refractivity contribution in [3.63, 3.8) is 0 Å². The minimum absolute atomic E-state index is 0.130. The lowest BCUT2D eigenvalue weighted by Gasteiger charge is -2.43. The highest BCUT2D eigenvalue weighted by Crippen LogP contribution is 2.44. The van der Waals surface area contributed by atoms with Gasteiger partial charge in [-0.2, -0.15) is 0 Å². The molecule has 0 unspecified atom stereocenters. The van der Waals surface area contributed by atoms with Crippen molar-refractivity contribution in [3.8, 4) is 34.3 Å². The van der Waals surface area contributed by atoms with E-state index < -0.39 is 100 Å². The molecule has 14 heteroatoms. The predicted molar refractivity (Wildman–Crippen MR) is 136 cm³/mol. The molecule has 3 aromatic rings.